The molecule has 3 rings (SSSR count). The fourth-order valence-corrected chi connectivity index (χ4v) is 5.50. The Hall–Kier alpha value is -1.86. The van der Waals surface area contributed by atoms with Crippen molar-refractivity contribution in [1.29, 1.82) is 0 Å². The van der Waals surface area contributed by atoms with E-state index in [1.54, 1.807) is 0 Å². The Bertz CT molecular complexity index is 862. The molecule has 2 unspecified atom stereocenters. The van der Waals surface area contributed by atoms with Gasteiger partial charge in [-0.1, -0.05) is 85.0 Å². The van der Waals surface area contributed by atoms with Crippen molar-refractivity contribution in [2.24, 2.45) is 5.92 Å². The normalized spacial score (nSPS) is 19.1. The zero-order chi connectivity index (χ0) is 22.2. The first kappa shape index (κ1) is 23.8. The second-order valence-corrected chi connectivity index (χ2v) is 9.20. The molecule has 1 N–H and O–H groups in total. The largest absolute Gasteiger partial charge is 0.499 e. The minimum Gasteiger partial charge on any atom is -0.499 e. The van der Waals surface area contributed by atoms with Gasteiger partial charge in [-0.05, 0) is 54.5 Å². The molecule has 2 aromatic rings. The van der Waals surface area contributed by atoms with E-state index in [1.165, 1.54) is 22.3 Å². The Labute approximate surface area is 199 Å². The van der Waals surface area contributed by atoms with E-state index < -0.39 is 5.97 Å². The summed E-state index contributed by atoms with van der Waals surface area (Å²) >= 11 is 2.27. The summed E-state index contributed by atoms with van der Waals surface area (Å²) in [6.07, 6.45) is 5.51. The summed E-state index contributed by atoms with van der Waals surface area (Å²) in [7, 11) is 0. The molecule has 0 amide bonds. The molecular weight excluding hydrogens is 501 g/mol. The third kappa shape index (κ3) is 5.89. The van der Waals surface area contributed by atoms with Gasteiger partial charge in [-0.25, -0.2) is 0 Å². The number of carbonyl (C=O) groups is 1. The number of carboxylic acid groups (broad SMARTS) is 1. The van der Waals surface area contributed by atoms with Crippen LogP contribution in [0.2, 0.25) is 0 Å². The molecule has 0 spiro atoms. The first-order valence-electron chi connectivity index (χ1n) is 11.2. The van der Waals surface area contributed by atoms with Gasteiger partial charge in [-0.2, -0.15) is 0 Å². The van der Waals surface area contributed by atoms with Crippen LogP contribution in [0.15, 0.2) is 54.8 Å². The number of alkyl halides is 1. The molecular formula is C26H32INO3. The van der Waals surface area contributed by atoms with Crippen molar-refractivity contribution in [3.63, 3.8) is 0 Å². The van der Waals surface area contributed by atoms with Crippen LogP contribution in [-0.2, 0) is 22.4 Å². The standard InChI is InChI=1S/C26H32INO3/c1-3-19-10-5-7-12-21(19)24(22-13-8-6-11-20(22)4-2)18-31-17-16-28-15-9-14-23(25(28)27)26(29)30/h5-8,10-13,18,23,25H,3-4,9,14-17H2,1-2H3,(H,29,30). The minimum atomic E-state index is -0.695. The van der Waals surface area contributed by atoms with Crippen LogP contribution in [0.25, 0.3) is 5.57 Å². The molecule has 31 heavy (non-hydrogen) atoms. The lowest BCUT2D eigenvalue weighted by Crippen LogP contribution is -2.45. The Kier molecular flexibility index (Phi) is 8.96. The molecule has 1 fully saturated rings. The predicted molar refractivity (Wildman–Crippen MR) is 134 cm³/mol. The van der Waals surface area contributed by atoms with Gasteiger partial charge in [0.15, 0.2) is 0 Å². The SMILES string of the molecule is CCc1ccccc1C(=COCCN1CCCC(C(=O)O)C1I)c1ccccc1CC. The number of aliphatic carboxylic acids is 1. The Morgan fingerprint density at radius 3 is 2.23 bits per heavy atom. The molecule has 1 aliphatic rings. The molecule has 1 aliphatic heterocycles. The van der Waals surface area contributed by atoms with E-state index in [-0.39, 0.29) is 9.97 Å². The number of likely N-dealkylation sites (tertiary alicyclic amines) is 1. The molecule has 0 aromatic heterocycles. The molecule has 0 aliphatic carbocycles. The summed E-state index contributed by atoms with van der Waals surface area (Å²) in [6.45, 7) is 6.55. The molecule has 1 heterocycles. The number of ether oxygens (including phenoxy) is 1. The van der Waals surface area contributed by atoms with Crippen molar-refractivity contribution in [2.75, 3.05) is 19.7 Å². The molecule has 5 heteroatoms. The van der Waals surface area contributed by atoms with Crippen molar-refractivity contribution in [2.45, 2.75) is 43.6 Å². The van der Waals surface area contributed by atoms with Crippen molar-refractivity contribution >= 4 is 34.1 Å². The van der Waals surface area contributed by atoms with Crippen molar-refractivity contribution in [1.82, 2.24) is 4.90 Å². The monoisotopic (exact) mass is 533 g/mol. The highest BCUT2D eigenvalue weighted by Crippen LogP contribution is 2.30. The number of nitrogens with zero attached hydrogens (tertiary/aromatic N) is 1. The molecule has 166 valence electrons. The zero-order valence-corrected chi connectivity index (χ0v) is 20.5. The van der Waals surface area contributed by atoms with Gasteiger partial charge in [0.1, 0.15) is 6.61 Å². The number of hydrogen-bond donors (Lipinski definition) is 1. The van der Waals surface area contributed by atoms with E-state index in [0.717, 1.165) is 44.3 Å². The smallest absolute Gasteiger partial charge is 0.308 e. The van der Waals surface area contributed by atoms with Crippen molar-refractivity contribution in [3.05, 3.63) is 77.0 Å². The maximum Gasteiger partial charge on any atom is 0.308 e. The summed E-state index contributed by atoms with van der Waals surface area (Å²) < 4.78 is 6.11. The van der Waals surface area contributed by atoms with Gasteiger partial charge < -0.3 is 9.84 Å². The van der Waals surface area contributed by atoms with Crippen LogP contribution >= 0.6 is 22.6 Å². The highest BCUT2D eigenvalue weighted by atomic mass is 127. The average molecular weight is 533 g/mol. The predicted octanol–water partition coefficient (Wildman–Crippen LogP) is 5.77. The number of halogens is 1. The summed E-state index contributed by atoms with van der Waals surface area (Å²) in [5, 5.41) is 9.45. The molecule has 2 atom stereocenters. The van der Waals surface area contributed by atoms with Gasteiger partial charge >= 0.3 is 5.97 Å². The lowest BCUT2D eigenvalue weighted by Gasteiger charge is -2.35. The molecule has 0 radical (unpaired) electrons. The lowest BCUT2D eigenvalue weighted by molar-refractivity contribution is -0.144. The van der Waals surface area contributed by atoms with Gasteiger partial charge in [0.25, 0.3) is 0 Å². The second kappa shape index (κ2) is 11.7. The van der Waals surface area contributed by atoms with Gasteiger partial charge in [0.05, 0.1) is 16.2 Å². The van der Waals surface area contributed by atoms with E-state index in [1.807, 2.05) is 6.26 Å². The minimum absolute atomic E-state index is 0.0116. The molecule has 0 saturated carbocycles. The fraction of sp³-hybridized carbons (Fsp3) is 0.423. The molecule has 1 saturated heterocycles. The van der Waals surface area contributed by atoms with E-state index >= 15 is 0 Å². The highest BCUT2D eigenvalue weighted by Gasteiger charge is 2.33. The molecule has 2 aromatic carbocycles. The first-order chi connectivity index (χ1) is 15.1. The average Bonchev–Trinajstić information content (AvgIpc) is 2.80. The summed E-state index contributed by atoms with van der Waals surface area (Å²) in [5.74, 6) is -0.993. The first-order valence-corrected chi connectivity index (χ1v) is 12.4. The topological polar surface area (TPSA) is 49.8 Å². The number of piperidine rings is 1. The van der Waals surface area contributed by atoms with E-state index in [2.05, 4.69) is 89.9 Å². The molecule has 4 nitrogen and oxygen atoms in total. The van der Waals surface area contributed by atoms with Crippen LogP contribution in [0.4, 0.5) is 0 Å². The second-order valence-electron chi connectivity index (χ2n) is 7.92. The fourth-order valence-electron chi connectivity index (χ4n) is 4.27. The summed E-state index contributed by atoms with van der Waals surface area (Å²) in [6, 6.07) is 17.0. The number of hydrogen-bond acceptors (Lipinski definition) is 3. The lowest BCUT2D eigenvalue weighted by atomic mass is 9.90. The van der Waals surface area contributed by atoms with Crippen LogP contribution in [0.1, 0.15) is 48.9 Å². The number of benzene rings is 2. The molecule has 0 bridgehead atoms. The quantitative estimate of drug-likeness (QED) is 0.146. The Balaban J connectivity index is 1.79. The Morgan fingerprint density at radius 1 is 1.10 bits per heavy atom. The van der Waals surface area contributed by atoms with E-state index in [0.29, 0.717) is 6.61 Å². The van der Waals surface area contributed by atoms with Gasteiger partial charge in [-0.15, -0.1) is 0 Å². The van der Waals surface area contributed by atoms with Crippen LogP contribution < -0.4 is 0 Å². The maximum atomic E-state index is 11.5. The number of aryl methyl sites for hydroxylation is 2. The Morgan fingerprint density at radius 2 is 1.68 bits per heavy atom. The van der Waals surface area contributed by atoms with Gasteiger partial charge in [0.2, 0.25) is 0 Å². The van der Waals surface area contributed by atoms with Gasteiger partial charge in [0, 0.05) is 12.1 Å². The van der Waals surface area contributed by atoms with E-state index in [4.69, 9.17) is 4.74 Å². The number of carboxylic acids is 1. The van der Waals surface area contributed by atoms with Crippen LogP contribution in [0.5, 0.6) is 0 Å². The zero-order valence-electron chi connectivity index (χ0n) is 18.4. The van der Waals surface area contributed by atoms with E-state index in [9.17, 15) is 9.90 Å². The van der Waals surface area contributed by atoms with Gasteiger partial charge in [-0.3, -0.25) is 9.69 Å². The third-order valence-corrected chi connectivity index (χ3v) is 7.69. The number of rotatable bonds is 9. The highest BCUT2D eigenvalue weighted by molar-refractivity contribution is 14.1. The van der Waals surface area contributed by atoms with Crippen molar-refractivity contribution in [3.8, 4) is 0 Å². The third-order valence-electron chi connectivity index (χ3n) is 6.03. The van der Waals surface area contributed by atoms with Crippen LogP contribution in [0.3, 0.4) is 0 Å². The van der Waals surface area contributed by atoms with Crippen LogP contribution in [0, 0.1) is 5.92 Å². The van der Waals surface area contributed by atoms with Crippen molar-refractivity contribution < 1.29 is 14.6 Å². The van der Waals surface area contributed by atoms with Crippen LogP contribution in [-0.4, -0.2) is 39.7 Å². The summed E-state index contributed by atoms with van der Waals surface area (Å²) in [5.41, 5.74) is 6.14. The maximum absolute atomic E-state index is 11.5. The summed E-state index contributed by atoms with van der Waals surface area (Å²) in [4.78, 5) is 13.7.